The van der Waals surface area contributed by atoms with Crippen LogP contribution in [0.2, 0.25) is 0 Å². The van der Waals surface area contributed by atoms with Crippen LogP contribution in [0.25, 0.3) is 0 Å². The highest BCUT2D eigenvalue weighted by atomic mass is 16.6. The summed E-state index contributed by atoms with van der Waals surface area (Å²) in [6.07, 6.45) is 3.41. The monoisotopic (exact) mass is 390 g/mol. The third kappa shape index (κ3) is 5.06. The molecule has 2 heterocycles. The molecule has 0 bridgehead atoms. The van der Waals surface area contributed by atoms with Crippen molar-refractivity contribution in [1.82, 2.24) is 20.0 Å². The van der Waals surface area contributed by atoms with E-state index in [1.165, 1.54) is 18.5 Å². The number of ether oxygens (including phenoxy) is 1. The van der Waals surface area contributed by atoms with Gasteiger partial charge in [-0.15, -0.1) is 0 Å². The Bertz CT molecular complexity index is 730. The molecule has 2 fully saturated rings. The van der Waals surface area contributed by atoms with Crippen molar-refractivity contribution in [3.8, 4) is 0 Å². The molecule has 0 spiro atoms. The number of likely N-dealkylation sites (tertiary alicyclic amines) is 1. The predicted molar refractivity (Wildman–Crippen MR) is 107 cm³/mol. The minimum atomic E-state index is -0.508. The molecule has 7 heteroatoms. The Labute approximate surface area is 167 Å². The maximum Gasteiger partial charge on any atom is 0.407 e. The summed E-state index contributed by atoms with van der Waals surface area (Å²) in [6.45, 7) is 13.1. The van der Waals surface area contributed by atoms with Crippen molar-refractivity contribution >= 4 is 12.0 Å². The van der Waals surface area contributed by atoms with Crippen molar-refractivity contribution in [3.05, 3.63) is 17.5 Å². The van der Waals surface area contributed by atoms with Gasteiger partial charge in [-0.25, -0.2) is 4.79 Å². The maximum atomic E-state index is 13.0. The summed E-state index contributed by atoms with van der Waals surface area (Å²) in [5.41, 5.74) is 1.07. The second-order valence-corrected chi connectivity index (χ2v) is 10.0. The van der Waals surface area contributed by atoms with Crippen LogP contribution in [-0.2, 0) is 10.3 Å². The number of amides is 2. The SMILES string of the molecule is CC(C)(C)OC(=O)NC1CCN(C(=O)c2cc(C3CC3)n(C(C)(C)C)n2)CC1. The zero-order valence-corrected chi connectivity index (χ0v) is 18.0. The van der Waals surface area contributed by atoms with E-state index in [0.717, 1.165) is 12.8 Å². The van der Waals surface area contributed by atoms with Crippen molar-refractivity contribution in [3.63, 3.8) is 0 Å². The zero-order chi connectivity index (χ0) is 20.7. The Morgan fingerprint density at radius 3 is 2.18 bits per heavy atom. The summed E-state index contributed by atoms with van der Waals surface area (Å²) in [6, 6.07) is 2.02. The standard InChI is InChI=1S/C21H34N4O3/c1-20(2,3)25-17(14-7-8-14)13-16(23-25)18(26)24-11-9-15(10-12-24)22-19(27)28-21(4,5)6/h13-15H,7-12H2,1-6H3,(H,22,27). The van der Waals surface area contributed by atoms with Crippen LogP contribution in [0, 0.1) is 0 Å². The van der Waals surface area contributed by atoms with Gasteiger partial charge in [0, 0.05) is 30.7 Å². The molecule has 0 aromatic carbocycles. The minimum absolute atomic E-state index is 0.0133. The highest BCUT2D eigenvalue weighted by Crippen LogP contribution is 2.41. The quantitative estimate of drug-likeness (QED) is 0.855. The number of hydrogen-bond acceptors (Lipinski definition) is 4. The third-order valence-corrected chi connectivity index (χ3v) is 5.09. The maximum absolute atomic E-state index is 13.0. The first-order valence-electron chi connectivity index (χ1n) is 10.3. The molecule has 28 heavy (non-hydrogen) atoms. The van der Waals surface area contributed by atoms with Crippen LogP contribution in [0.1, 0.15) is 89.3 Å². The molecule has 0 atom stereocenters. The molecule has 2 aliphatic rings. The molecule has 156 valence electrons. The number of rotatable bonds is 3. The van der Waals surface area contributed by atoms with E-state index in [0.29, 0.717) is 24.7 Å². The van der Waals surface area contributed by atoms with Gasteiger partial charge >= 0.3 is 6.09 Å². The van der Waals surface area contributed by atoms with Crippen molar-refractivity contribution in [2.24, 2.45) is 0 Å². The number of alkyl carbamates (subject to hydrolysis) is 1. The average molecular weight is 391 g/mol. The van der Waals surface area contributed by atoms with Crippen molar-refractivity contribution in [2.75, 3.05) is 13.1 Å². The lowest BCUT2D eigenvalue weighted by molar-refractivity contribution is 0.0473. The van der Waals surface area contributed by atoms with E-state index < -0.39 is 11.7 Å². The molecule has 0 unspecified atom stereocenters. The van der Waals surface area contributed by atoms with Gasteiger partial charge in [-0.2, -0.15) is 5.10 Å². The Morgan fingerprint density at radius 1 is 1.07 bits per heavy atom. The Balaban J connectivity index is 1.59. The Hall–Kier alpha value is -2.05. The largest absolute Gasteiger partial charge is 0.444 e. The van der Waals surface area contributed by atoms with Gasteiger partial charge in [0.1, 0.15) is 5.60 Å². The number of carbonyl (C=O) groups excluding carboxylic acids is 2. The molecule has 0 radical (unpaired) electrons. The van der Waals surface area contributed by atoms with E-state index in [1.54, 1.807) is 0 Å². The van der Waals surface area contributed by atoms with Crippen LogP contribution >= 0.6 is 0 Å². The average Bonchev–Trinajstić information content (AvgIpc) is 3.30. The number of piperidine rings is 1. The smallest absolute Gasteiger partial charge is 0.407 e. The normalized spacial score (nSPS) is 18.9. The zero-order valence-electron chi connectivity index (χ0n) is 18.0. The summed E-state index contributed by atoms with van der Waals surface area (Å²) in [7, 11) is 0. The Morgan fingerprint density at radius 2 is 1.68 bits per heavy atom. The van der Waals surface area contributed by atoms with E-state index in [9.17, 15) is 9.59 Å². The van der Waals surface area contributed by atoms with Gasteiger partial charge in [0.05, 0.1) is 5.54 Å². The van der Waals surface area contributed by atoms with Gasteiger partial charge < -0.3 is 15.0 Å². The highest BCUT2D eigenvalue weighted by Gasteiger charge is 2.34. The molecular formula is C21H34N4O3. The first-order valence-corrected chi connectivity index (χ1v) is 10.3. The number of carbonyl (C=O) groups is 2. The lowest BCUT2D eigenvalue weighted by atomic mass is 10.0. The van der Waals surface area contributed by atoms with Crippen molar-refractivity contribution in [2.45, 2.75) is 90.3 Å². The fourth-order valence-electron chi connectivity index (χ4n) is 3.57. The van der Waals surface area contributed by atoms with Crippen molar-refractivity contribution < 1.29 is 14.3 Å². The van der Waals surface area contributed by atoms with Crippen LogP contribution in [0.3, 0.4) is 0 Å². The van der Waals surface area contributed by atoms with Gasteiger partial charge in [0.2, 0.25) is 0 Å². The van der Waals surface area contributed by atoms with Crippen LogP contribution in [-0.4, -0.2) is 51.4 Å². The second kappa shape index (κ2) is 7.41. The molecule has 2 amide bonds. The van der Waals surface area contributed by atoms with Crippen molar-refractivity contribution in [1.29, 1.82) is 0 Å². The van der Waals surface area contributed by atoms with Crippen LogP contribution in [0.4, 0.5) is 4.79 Å². The lowest BCUT2D eigenvalue weighted by Crippen LogP contribution is -2.47. The molecule has 1 saturated heterocycles. The summed E-state index contributed by atoms with van der Waals surface area (Å²) < 4.78 is 7.34. The first kappa shape index (κ1) is 20.7. The topological polar surface area (TPSA) is 76.5 Å². The first-order chi connectivity index (χ1) is 12.9. The molecule has 1 saturated carbocycles. The number of aromatic nitrogens is 2. The summed E-state index contributed by atoms with van der Waals surface area (Å²) in [5.74, 6) is 0.526. The molecule has 7 nitrogen and oxygen atoms in total. The van der Waals surface area contributed by atoms with E-state index >= 15 is 0 Å². The number of hydrogen-bond donors (Lipinski definition) is 1. The van der Waals surface area contributed by atoms with Crippen LogP contribution < -0.4 is 5.32 Å². The van der Waals surface area contributed by atoms with E-state index in [1.807, 2.05) is 36.4 Å². The molecular weight excluding hydrogens is 356 g/mol. The molecule has 1 aromatic heterocycles. The second-order valence-electron chi connectivity index (χ2n) is 10.0. The molecule has 1 aliphatic carbocycles. The minimum Gasteiger partial charge on any atom is -0.444 e. The third-order valence-electron chi connectivity index (χ3n) is 5.09. The van der Waals surface area contributed by atoms with E-state index in [4.69, 9.17) is 4.74 Å². The fraction of sp³-hybridized carbons (Fsp3) is 0.762. The van der Waals surface area contributed by atoms with Crippen LogP contribution in [0.5, 0.6) is 0 Å². The van der Waals surface area contributed by atoms with E-state index in [2.05, 4.69) is 31.2 Å². The molecule has 1 aliphatic heterocycles. The van der Waals surface area contributed by atoms with E-state index in [-0.39, 0.29) is 17.5 Å². The van der Waals surface area contributed by atoms with Gasteiger partial charge in [-0.05, 0) is 73.3 Å². The fourth-order valence-corrected chi connectivity index (χ4v) is 3.57. The number of nitrogens with one attached hydrogen (secondary N) is 1. The summed E-state index contributed by atoms with van der Waals surface area (Å²) in [5, 5.41) is 7.57. The van der Waals surface area contributed by atoms with Gasteiger partial charge in [0.25, 0.3) is 5.91 Å². The van der Waals surface area contributed by atoms with Gasteiger partial charge in [-0.1, -0.05) is 0 Å². The summed E-state index contributed by atoms with van der Waals surface area (Å²) >= 11 is 0. The number of nitrogens with zero attached hydrogens (tertiary/aromatic N) is 3. The lowest BCUT2D eigenvalue weighted by Gasteiger charge is -2.32. The van der Waals surface area contributed by atoms with Gasteiger partial charge in [0.15, 0.2) is 5.69 Å². The highest BCUT2D eigenvalue weighted by molar-refractivity contribution is 5.92. The molecule has 1 N–H and O–H groups in total. The molecule has 3 rings (SSSR count). The summed E-state index contributed by atoms with van der Waals surface area (Å²) in [4.78, 5) is 26.8. The predicted octanol–water partition coefficient (Wildman–Crippen LogP) is 3.64. The van der Waals surface area contributed by atoms with Crippen LogP contribution in [0.15, 0.2) is 6.07 Å². The van der Waals surface area contributed by atoms with Gasteiger partial charge in [-0.3, -0.25) is 9.48 Å². The Kier molecular flexibility index (Phi) is 5.47. The molecule has 1 aromatic rings.